The molecule has 17 aromatic rings. The van der Waals surface area contributed by atoms with Gasteiger partial charge in [0, 0.05) is 96.0 Å². The third-order valence-corrected chi connectivity index (χ3v) is 19.0. The number of benzene rings is 10. The minimum Gasteiger partial charge on any atom is -0.276 e. The van der Waals surface area contributed by atoms with Crippen LogP contribution in [-0.4, -0.2) is 49.3 Å². The van der Waals surface area contributed by atoms with Gasteiger partial charge in [-0.25, -0.2) is 44.9 Å². The van der Waals surface area contributed by atoms with Crippen LogP contribution in [0.15, 0.2) is 261 Å². The molecule has 90 heavy (non-hydrogen) atoms. The lowest BCUT2D eigenvalue weighted by Gasteiger charge is -2.14. The molecular weight excluding hydrogens is 1140 g/mol. The summed E-state index contributed by atoms with van der Waals surface area (Å²) >= 11 is 3.46. The van der Waals surface area contributed by atoms with Gasteiger partial charge in [0.15, 0.2) is 34.9 Å². The fraction of sp³-hybridized carbons (Fsp3) is 0.0128. The van der Waals surface area contributed by atoms with E-state index in [1.54, 1.807) is 22.7 Å². The van der Waals surface area contributed by atoms with Crippen LogP contribution in [-0.2, 0) is 0 Å². The van der Waals surface area contributed by atoms with E-state index in [9.17, 15) is 0 Å². The molecule has 0 spiro atoms. The largest absolute Gasteiger partial charge is 0.276 e. The number of thiophene rings is 2. The zero-order chi connectivity index (χ0) is 59.8. The highest BCUT2D eigenvalue weighted by atomic mass is 32.1. The summed E-state index contributed by atoms with van der Waals surface area (Å²) in [6, 6.07) is 85.4. The SMILES string of the molecule is C=Cc1sc2cccc(-c3nc4ccccc4c4nc5ccccc5n34)c2c1/C(=C\C)c1nc(-c2ccccc2)nc(-c2ccc(-c3cccc(-c4nc(-c5ccccc5)nc(-c5cccc6sc7cccc(-c8ccc9ccccc9n8)c7c56)n4)c3)cc2)n1. The van der Waals surface area contributed by atoms with E-state index in [1.165, 1.54) is 4.70 Å². The molecule has 0 unspecified atom stereocenters. The highest BCUT2D eigenvalue weighted by Crippen LogP contribution is 2.47. The van der Waals surface area contributed by atoms with E-state index < -0.39 is 0 Å². The first kappa shape index (κ1) is 52.7. The maximum Gasteiger partial charge on any atom is 0.164 e. The van der Waals surface area contributed by atoms with Crippen molar-refractivity contribution in [2.24, 2.45) is 0 Å². The number of nitrogens with zero attached hydrogens (tertiary/aromatic N) is 10. The van der Waals surface area contributed by atoms with Crippen LogP contribution in [0.3, 0.4) is 0 Å². The molecule has 0 saturated carbocycles. The first-order valence-electron chi connectivity index (χ1n) is 29.7. The van der Waals surface area contributed by atoms with Crippen molar-refractivity contribution in [2.75, 3.05) is 0 Å². The van der Waals surface area contributed by atoms with Gasteiger partial charge in [0.2, 0.25) is 0 Å². The van der Waals surface area contributed by atoms with Gasteiger partial charge in [0.05, 0.1) is 27.8 Å². The molecule has 0 saturated heterocycles. The smallest absolute Gasteiger partial charge is 0.164 e. The van der Waals surface area contributed by atoms with Crippen molar-refractivity contribution in [3.8, 4) is 90.7 Å². The zero-order valence-corrected chi connectivity index (χ0v) is 50.0. The Morgan fingerprint density at radius 2 is 0.933 bits per heavy atom. The third-order valence-electron chi connectivity index (χ3n) is 16.7. The van der Waals surface area contributed by atoms with Gasteiger partial charge in [-0.3, -0.25) is 4.40 Å². The summed E-state index contributed by atoms with van der Waals surface area (Å²) in [6.45, 7) is 6.41. The van der Waals surface area contributed by atoms with Gasteiger partial charge in [-0.1, -0.05) is 207 Å². The van der Waals surface area contributed by atoms with E-state index in [1.807, 2.05) is 104 Å². The molecule has 12 heteroatoms. The van der Waals surface area contributed by atoms with Crippen LogP contribution in [0.2, 0.25) is 0 Å². The summed E-state index contributed by atoms with van der Waals surface area (Å²) in [7, 11) is 0. The normalized spacial score (nSPS) is 11.9. The number of pyridine rings is 1. The summed E-state index contributed by atoms with van der Waals surface area (Å²) < 4.78 is 5.60. The Hall–Kier alpha value is -11.6. The van der Waals surface area contributed by atoms with Crippen LogP contribution in [0.25, 0.3) is 171 Å². The second kappa shape index (κ2) is 21.7. The van der Waals surface area contributed by atoms with E-state index >= 15 is 0 Å². The van der Waals surface area contributed by atoms with Crippen molar-refractivity contribution in [1.29, 1.82) is 0 Å². The molecule has 17 rings (SSSR count). The number of para-hydroxylation sites is 4. The molecule has 0 fully saturated rings. The van der Waals surface area contributed by atoms with Gasteiger partial charge in [0.1, 0.15) is 11.5 Å². The van der Waals surface area contributed by atoms with E-state index in [-0.39, 0.29) is 0 Å². The van der Waals surface area contributed by atoms with Crippen LogP contribution < -0.4 is 0 Å². The Morgan fingerprint density at radius 3 is 1.66 bits per heavy atom. The number of rotatable bonds is 11. The van der Waals surface area contributed by atoms with Crippen molar-refractivity contribution in [2.45, 2.75) is 6.92 Å². The van der Waals surface area contributed by atoms with Crippen LogP contribution in [0, 0.1) is 0 Å². The lowest BCUT2D eigenvalue weighted by molar-refractivity contribution is 1.03. The maximum absolute atomic E-state index is 5.43. The first-order valence-corrected chi connectivity index (χ1v) is 31.3. The summed E-state index contributed by atoms with van der Waals surface area (Å²) in [6.07, 6.45) is 4.04. The van der Waals surface area contributed by atoms with Gasteiger partial charge >= 0.3 is 0 Å². The van der Waals surface area contributed by atoms with Gasteiger partial charge < -0.3 is 0 Å². The Kier molecular flexibility index (Phi) is 12.7. The molecule has 0 aliphatic heterocycles. The van der Waals surface area contributed by atoms with Crippen molar-refractivity contribution in [3.63, 3.8) is 0 Å². The van der Waals surface area contributed by atoms with Crippen LogP contribution >= 0.6 is 22.7 Å². The molecule has 0 amide bonds. The fourth-order valence-electron chi connectivity index (χ4n) is 12.5. The summed E-state index contributed by atoms with van der Waals surface area (Å²) in [5, 5.41) is 5.34. The predicted octanol–water partition coefficient (Wildman–Crippen LogP) is 20.0. The number of aromatic nitrogens is 10. The molecule has 7 aromatic heterocycles. The van der Waals surface area contributed by atoms with Crippen molar-refractivity contribution < 1.29 is 0 Å². The van der Waals surface area contributed by atoms with Crippen molar-refractivity contribution in [3.05, 3.63) is 278 Å². The molecule has 0 aliphatic carbocycles. The van der Waals surface area contributed by atoms with E-state index in [4.69, 9.17) is 44.9 Å². The van der Waals surface area contributed by atoms with E-state index in [2.05, 4.69) is 175 Å². The molecular formula is C78H48N10S2. The van der Waals surface area contributed by atoms with Crippen LogP contribution in [0.4, 0.5) is 0 Å². The standard InChI is InChI=1S/C78H48N10S2/c1-3-53(67-63(4-2)89-66-38-20-31-57(70(66)67)78-80-59-33-14-12-28-55(59)77-81-61-34-15-16-35-62(61)88(77)78)75-84-71(48-22-7-5-8-23-48)82-73(85-75)50-41-39-46(40-42-50)51-26-17-27-52(45-51)74-83-72(49-24-9-6-10-25-49)86-76(87-74)56-30-19-37-65-69(56)68-54(29-18-36-64(68)90-65)60-44-43-47-21-11-13-32-58(47)79-60/h3-45H,2H2,1H3/b53-3+. The number of imidazole rings is 1. The van der Waals surface area contributed by atoms with Crippen LogP contribution in [0.1, 0.15) is 23.2 Å². The molecule has 0 aliphatic rings. The Balaban J connectivity index is 0.765. The minimum atomic E-state index is 0.540. The van der Waals surface area contributed by atoms with Gasteiger partial charge in [-0.15, -0.1) is 22.7 Å². The van der Waals surface area contributed by atoms with Crippen molar-refractivity contribution >= 4 is 103 Å². The predicted molar refractivity (Wildman–Crippen MR) is 371 cm³/mol. The Labute approximate surface area is 524 Å². The zero-order valence-electron chi connectivity index (χ0n) is 48.3. The fourth-order valence-corrected chi connectivity index (χ4v) is 14.7. The summed E-state index contributed by atoms with van der Waals surface area (Å²) in [5.41, 5.74) is 15.7. The minimum absolute atomic E-state index is 0.540. The average Bonchev–Trinajstić information content (AvgIpc) is 2.69. The number of hydrogen-bond acceptors (Lipinski definition) is 11. The summed E-state index contributed by atoms with van der Waals surface area (Å²) in [4.78, 5) is 48.5. The lowest BCUT2D eigenvalue weighted by atomic mass is 9.96. The molecule has 7 heterocycles. The summed E-state index contributed by atoms with van der Waals surface area (Å²) in [5.74, 6) is 4.18. The molecule has 10 nitrogen and oxygen atoms in total. The second-order valence-electron chi connectivity index (χ2n) is 22.0. The quantitative estimate of drug-likeness (QED) is 0.125. The molecule has 0 radical (unpaired) electrons. The van der Waals surface area contributed by atoms with Crippen LogP contribution in [0.5, 0.6) is 0 Å². The molecule has 10 aromatic carbocycles. The Morgan fingerprint density at radius 1 is 0.389 bits per heavy atom. The second-order valence-corrected chi connectivity index (χ2v) is 24.2. The van der Waals surface area contributed by atoms with Gasteiger partial charge in [-0.05, 0) is 78.7 Å². The topological polar surface area (TPSA) is 120 Å². The van der Waals surface area contributed by atoms with E-state index in [0.29, 0.717) is 34.9 Å². The van der Waals surface area contributed by atoms with E-state index in [0.717, 1.165) is 142 Å². The number of allylic oxidation sites excluding steroid dienone is 1. The lowest BCUT2D eigenvalue weighted by Crippen LogP contribution is -2.04. The Bertz CT molecular complexity index is 5770. The molecule has 0 N–H and O–H groups in total. The average molecular weight is 1190 g/mol. The first-order chi connectivity index (χ1) is 44.5. The maximum atomic E-state index is 5.43. The molecule has 0 bridgehead atoms. The van der Waals surface area contributed by atoms with Crippen molar-refractivity contribution in [1.82, 2.24) is 49.3 Å². The highest BCUT2D eigenvalue weighted by Gasteiger charge is 2.26. The monoisotopic (exact) mass is 1190 g/mol. The third kappa shape index (κ3) is 8.95. The molecule has 422 valence electrons. The number of fused-ring (bicyclic) bond motifs is 10. The highest BCUT2D eigenvalue weighted by molar-refractivity contribution is 7.26. The van der Waals surface area contributed by atoms with Gasteiger partial charge in [-0.2, -0.15) is 0 Å². The molecule has 0 atom stereocenters. The number of hydrogen-bond donors (Lipinski definition) is 0. The van der Waals surface area contributed by atoms with Gasteiger partial charge in [0.25, 0.3) is 0 Å².